The summed E-state index contributed by atoms with van der Waals surface area (Å²) in [5.41, 5.74) is 1.99. The Bertz CT molecular complexity index is 868. The largest absolute Gasteiger partial charge is 0.373 e. The van der Waals surface area contributed by atoms with Crippen molar-refractivity contribution in [3.05, 3.63) is 76.6 Å². The molecule has 148 valence electrons. The molecule has 2 fully saturated rings. The maximum atomic E-state index is 14.5. The van der Waals surface area contributed by atoms with Crippen LogP contribution in [0.15, 0.2) is 36.9 Å². The monoisotopic (exact) mass is 388 g/mol. The maximum Gasteiger partial charge on any atom is 0.165 e. The smallest absolute Gasteiger partial charge is 0.165 e. The van der Waals surface area contributed by atoms with Gasteiger partial charge in [0, 0.05) is 11.1 Å². The Morgan fingerprint density at radius 1 is 1.00 bits per heavy atom. The van der Waals surface area contributed by atoms with E-state index < -0.39 is 11.6 Å². The first kappa shape index (κ1) is 19.2. The van der Waals surface area contributed by atoms with Gasteiger partial charge in [-0.2, -0.15) is 0 Å². The second-order valence-electron chi connectivity index (χ2n) is 7.53. The van der Waals surface area contributed by atoms with Gasteiger partial charge in [0.2, 0.25) is 0 Å². The van der Waals surface area contributed by atoms with Crippen LogP contribution in [0.25, 0.3) is 6.08 Å². The van der Waals surface area contributed by atoms with E-state index in [-0.39, 0.29) is 30.5 Å². The minimum atomic E-state index is -0.781. The predicted octanol–water partition coefficient (Wildman–Crippen LogP) is 6.06. The zero-order valence-corrected chi connectivity index (χ0v) is 15.6. The number of benzene rings is 2. The Kier molecular flexibility index (Phi) is 5.56. The average Bonchev–Trinajstić information content (AvgIpc) is 3.55. The molecule has 0 aromatic heterocycles. The topological polar surface area (TPSA) is 21.8 Å². The fourth-order valence-corrected chi connectivity index (χ4v) is 3.93. The van der Waals surface area contributed by atoms with E-state index in [0.29, 0.717) is 23.3 Å². The number of ether oxygens (including phenoxy) is 2. The third-order valence-electron chi connectivity index (χ3n) is 5.72. The summed E-state index contributed by atoms with van der Waals surface area (Å²) in [6.45, 7) is 4.29. The van der Waals surface area contributed by atoms with Crippen molar-refractivity contribution < 1.29 is 22.6 Å². The molecule has 4 rings (SSSR count). The van der Waals surface area contributed by atoms with E-state index in [1.54, 1.807) is 30.3 Å². The van der Waals surface area contributed by atoms with Gasteiger partial charge < -0.3 is 9.47 Å². The van der Waals surface area contributed by atoms with Crippen molar-refractivity contribution in [1.82, 2.24) is 0 Å². The van der Waals surface area contributed by atoms with Crippen LogP contribution in [-0.4, -0.2) is 12.7 Å². The lowest BCUT2D eigenvalue weighted by Crippen LogP contribution is -2.21. The molecule has 2 aromatic rings. The van der Waals surface area contributed by atoms with Gasteiger partial charge in [0.15, 0.2) is 11.6 Å². The zero-order valence-electron chi connectivity index (χ0n) is 15.6. The van der Waals surface area contributed by atoms with Gasteiger partial charge in [-0.3, -0.25) is 0 Å². The van der Waals surface area contributed by atoms with Crippen molar-refractivity contribution in [2.24, 2.45) is 0 Å². The van der Waals surface area contributed by atoms with E-state index >= 15 is 0 Å². The molecule has 1 aliphatic heterocycles. The molecule has 2 aromatic carbocycles. The van der Waals surface area contributed by atoms with Crippen LogP contribution in [0.1, 0.15) is 60.0 Å². The number of hydrogen-bond donors (Lipinski definition) is 0. The molecule has 28 heavy (non-hydrogen) atoms. The van der Waals surface area contributed by atoms with Crippen LogP contribution in [0.3, 0.4) is 0 Å². The number of hydrogen-bond acceptors (Lipinski definition) is 2. The standard InChI is InChI=1S/C23H23F3O2/c1-2-14-3-4-16(20(24)11-14)12-27-17-7-5-15(6-8-17)18-9-10-19(21-13-28-21)23(26)22(18)25/h2-4,9-11,15,17,21H,1,5-8,12-13H2. The van der Waals surface area contributed by atoms with E-state index in [1.807, 2.05) is 0 Å². The van der Waals surface area contributed by atoms with Gasteiger partial charge in [0.1, 0.15) is 11.9 Å². The van der Waals surface area contributed by atoms with Crippen LogP contribution in [0.2, 0.25) is 0 Å². The molecule has 1 aliphatic carbocycles. The summed E-state index contributed by atoms with van der Waals surface area (Å²) in [5.74, 6) is -1.85. The second-order valence-corrected chi connectivity index (χ2v) is 7.53. The van der Waals surface area contributed by atoms with Crippen molar-refractivity contribution in [2.75, 3.05) is 6.61 Å². The highest BCUT2D eigenvalue weighted by molar-refractivity contribution is 5.47. The van der Waals surface area contributed by atoms with E-state index in [1.165, 1.54) is 6.07 Å². The Hall–Kier alpha value is -2.11. The molecule has 0 N–H and O–H groups in total. The molecule has 2 aliphatic rings. The molecule has 5 heteroatoms. The highest BCUT2D eigenvalue weighted by atomic mass is 19.2. The van der Waals surface area contributed by atoms with Crippen LogP contribution < -0.4 is 0 Å². The quantitative estimate of drug-likeness (QED) is 0.561. The molecular weight excluding hydrogens is 365 g/mol. The molecule has 1 saturated heterocycles. The Morgan fingerprint density at radius 3 is 2.32 bits per heavy atom. The van der Waals surface area contributed by atoms with Crippen LogP contribution >= 0.6 is 0 Å². The highest BCUT2D eigenvalue weighted by Crippen LogP contribution is 2.39. The van der Waals surface area contributed by atoms with Gasteiger partial charge in [0.25, 0.3) is 0 Å². The normalized spacial score (nSPS) is 24.2. The molecular formula is C23H23F3O2. The summed E-state index contributed by atoms with van der Waals surface area (Å²) in [5, 5.41) is 0. The van der Waals surface area contributed by atoms with Crippen molar-refractivity contribution in [3.63, 3.8) is 0 Å². The maximum absolute atomic E-state index is 14.5. The van der Waals surface area contributed by atoms with E-state index in [0.717, 1.165) is 31.2 Å². The lowest BCUT2D eigenvalue weighted by atomic mass is 9.82. The first-order chi connectivity index (χ1) is 13.6. The third-order valence-corrected chi connectivity index (χ3v) is 5.72. The molecule has 0 bridgehead atoms. The van der Waals surface area contributed by atoms with Gasteiger partial charge in [-0.05, 0) is 48.8 Å². The SMILES string of the molecule is C=Cc1ccc(COC2CCC(c3ccc(C4CO4)c(F)c3F)CC2)c(F)c1. The minimum absolute atomic E-state index is 0.00164. The molecule has 0 amide bonds. The predicted molar refractivity (Wildman–Crippen MR) is 101 cm³/mol. The lowest BCUT2D eigenvalue weighted by Gasteiger charge is -2.29. The fraction of sp³-hybridized carbons (Fsp3) is 0.391. The summed E-state index contributed by atoms with van der Waals surface area (Å²) in [4.78, 5) is 0. The summed E-state index contributed by atoms with van der Waals surface area (Å²) in [6, 6.07) is 8.29. The van der Waals surface area contributed by atoms with E-state index in [9.17, 15) is 13.2 Å². The molecule has 1 heterocycles. The lowest BCUT2D eigenvalue weighted by molar-refractivity contribution is 0.0119. The minimum Gasteiger partial charge on any atom is -0.373 e. The summed E-state index contributed by atoms with van der Waals surface area (Å²) in [7, 11) is 0. The van der Waals surface area contributed by atoms with Crippen LogP contribution in [-0.2, 0) is 16.1 Å². The number of halogens is 3. The third kappa shape index (κ3) is 4.01. The average molecular weight is 388 g/mol. The Balaban J connectivity index is 1.33. The fourth-order valence-electron chi connectivity index (χ4n) is 3.93. The number of rotatable bonds is 6. The van der Waals surface area contributed by atoms with Crippen LogP contribution in [0, 0.1) is 17.5 Å². The molecule has 1 saturated carbocycles. The van der Waals surface area contributed by atoms with E-state index in [4.69, 9.17) is 9.47 Å². The Labute approximate surface area is 163 Å². The van der Waals surface area contributed by atoms with E-state index in [2.05, 4.69) is 6.58 Å². The van der Waals surface area contributed by atoms with Gasteiger partial charge in [-0.15, -0.1) is 0 Å². The molecule has 1 atom stereocenters. The summed E-state index contributed by atoms with van der Waals surface area (Å²) >= 11 is 0. The molecule has 0 radical (unpaired) electrons. The van der Waals surface area contributed by atoms with Crippen LogP contribution in [0.4, 0.5) is 13.2 Å². The zero-order chi connectivity index (χ0) is 19.7. The second kappa shape index (κ2) is 8.10. The molecule has 0 spiro atoms. The summed E-state index contributed by atoms with van der Waals surface area (Å²) in [6.07, 6.45) is 4.23. The molecule has 2 nitrogen and oxygen atoms in total. The van der Waals surface area contributed by atoms with Gasteiger partial charge in [-0.25, -0.2) is 13.2 Å². The molecule has 1 unspecified atom stereocenters. The van der Waals surface area contributed by atoms with Gasteiger partial charge >= 0.3 is 0 Å². The van der Waals surface area contributed by atoms with Gasteiger partial charge in [-0.1, -0.05) is 36.9 Å². The van der Waals surface area contributed by atoms with Crippen molar-refractivity contribution in [2.45, 2.75) is 50.4 Å². The van der Waals surface area contributed by atoms with Crippen molar-refractivity contribution >= 4 is 6.08 Å². The van der Waals surface area contributed by atoms with Crippen LogP contribution in [0.5, 0.6) is 0 Å². The first-order valence-corrected chi connectivity index (χ1v) is 9.68. The first-order valence-electron chi connectivity index (χ1n) is 9.68. The number of epoxide rings is 1. The van der Waals surface area contributed by atoms with Crippen molar-refractivity contribution in [1.29, 1.82) is 0 Å². The van der Waals surface area contributed by atoms with Crippen molar-refractivity contribution in [3.8, 4) is 0 Å². The Morgan fingerprint density at radius 2 is 1.68 bits per heavy atom. The summed E-state index contributed by atoms with van der Waals surface area (Å²) < 4.78 is 53.7. The highest BCUT2D eigenvalue weighted by Gasteiger charge is 2.32. The van der Waals surface area contributed by atoms with Gasteiger partial charge in [0.05, 0.1) is 19.3 Å².